The van der Waals surface area contributed by atoms with Gasteiger partial charge in [0, 0.05) is 11.8 Å². The molecule has 1 aromatic carbocycles. The lowest BCUT2D eigenvalue weighted by Gasteiger charge is -2.08. The van der Waals surface area contributed by atoms with E-state index in [1.165, 1.54) is 0 Å². The van der Waals surface area contributed by atoms with Crippen LogP contribution in [-0.4, -0.2) is 26.2 Å². The summed E-state index contributed by atoms with van der Waals surface area (Å²) in [5.74, 6) is 0.254. The molecule has 2 heterocycles. The number of phenolic OH excluding ortho intramolecular Hbond substituents is 1. The molecule has 0 bridgehead atoms. The number of fused-ring (bicyclic) bond motifs is 1. The van der Waals surface area contributed by atoms with E-state index in [1.807, 2.05) is 0 Å². The maximum Gasteiger partial charge on any atom is 0.346 e. The zero-order chi connectivity index (χ0) is 15.9. The smallest absolute Gasteiger partial charge is 0.346 e. The van der Waals surface area contributed by atoms with E-state index in [-0.39, 0.29) is 10.6 Å². The van der Waals surface area contributed by atoms with Crippen LogP contribution in [0.2, 0.25) is 0 Å². The summed E-state index contributed by atoms with van der Waals surface area (Å²) in [5, 5.41) is 22.6. The third-order valence-corrected chi connectivity index (χ3v) is 4.38. The maximum absolute atomic E-state index is 11.3. The summed E-state index contributed by atoms with van der Waals surface area (Å²) in [6.07, 6.45) is 0. The van der Waals surface area contributed by atoms with Crippen molar-refractivity contribution in [2.75, 3.05) is 5.32 Å². The third-order valence-electron chi connectivity index (χ3n) is 3.21. The summed E-state index contributed by atoms with van der Waals surface area (Å²) in [6.45, 7) is 3.50. The number of aromatic carboxylic acids is 1. The first kappa shape index (κ1) is 14.3. The molecule has 0 saturated heterocycles. The molecule has 0 aliphatic carbocycles. The van der Waals surface area contributed by atoms with Gasteiger partial charge >= 0.3 is 5.97 Å². The number of aryl methyl sites for hydroxylation is 2. The number of rotatable bonds is 3. The van der Waals surface area contributed by atoms with Gasteiger partial charge in [-0.25, -0.2) is 14.8 Å². The first-order valence-corrected chi connectivity index (χ1v) is 7.34. The van der Waals surface area contributed by atoms with Crippen LogP contribution < -0.4 is 5.32 Å². The fourth-order valence-electron chi connectivity index (χ4n) is 2.26. The quantitative estimate of drug-likeness (QED) is 0.685. The van der Waals surface area contributed by atoms with Crippen molar-refractivity contribution in [1.29, 1.82) is 0 Å². The van der Waals surface area contributed by atoms with Crippen LogP contribution in [0.5, 0.6) is 5.75 Å². The molecule has 7 heteroatoms. The molecule has 0 spiro atoms. The fraction of sp³-hybridized carbons (Fsp3) is 0.133. The molecule has 0 aliphatic rings. The van der Waals surface area contributed by atoms with Gasteiger partial charge in [0.05, 0.1) is 5.39 Å². The van der Waals surface area contributed by atoms with Gasteiger partial charge < -0.3 is 15.5 Å². The number of hydrogen-bond donors (Lipinski definition) is 3. The highest BCUT2D eigenvalue weighted by molar-refractivity contribution is 7.20. The Bertz CT molecular complexity index is 889. The van der Waals surface area contributed by atoms with Gasteiger partial charge in [0.2, 0.25) is 0 Å². The molecule has 6 nitrogen and oxygen atoms in total. The predicted octanol–water partition coefficient (Wildman–Crippen LogP) is 3.46. The molecule has 0 unspecified atom stereocenters. The summed E-state index contributed by atoms with van der Waals surface area (Å²) in [5.41, 5.74) is 1.30. The molecular weight excluding hydrogens is 302 g/mol. The number of anilines is 2. The Morgan fingerprint density at radius 2 is 2.05 bits per heavy atom. The molecule has 0 saturated carbocycles. The zero-order valence-corrected chi connectivity index (χ0v) is 12.7. The van der Waals surface area contributed by atoms with Crippen LogP contribution in [0.15, 0.2) is 24.3 Å². The molecule has 3 rings (SSSR count). The number of aromatic hydroxyl groups is 1. The average Bonchev–Trinajstić information content (AvgIpc) is 2.76. The van der Waals surface area contributed by atoms with Crippen LogP contribution in [0, 0.1) is 13.8 Å². The lowest BCUT2D eigenvalue weighted by molar-refractivity contribution is 0.0701. The van der Waals surface area contributed by atoms with Crippen molar-refractivity contribution in [1.82, 2.24) is 9.97 Å². The van der Waals surface area contributed by atoms with E-state index in [0.717, 1.165) is 11.3 Å². The number of nitrogens with zero attached hydrogens (tertiary/aromatic N) is 2. The molecule has 0 radical (unpaired) electrons. The zero-order valence-electron chi connectivity index (χ0n) is 11.9. The molecule has 0 fully saturated rings. The normalized spacial score (nSPS) is 10.8. The summed E-state index contributed by atoms with van der Waals surface area (Å²) < 4.78 is 0. The Morgan fingerprint density at radius 1 is 1.27 bits per heavy atom. The van der Waals surface area contributed by atoms with Gasteiger partial charge in [-0.2, -0.15) is 0 Å². The van der Waals surface area contributed by atoms with E-state index in [0.29, 0.717) is 33.1 Å². The number of carboxylic acids is 1. The standard InChI is InChI=1S/C15H13N3O3S/c1-7-11-13(18-9-4-3-5-10(19)6-9)16-8(2)17-14(11)22-12(7)15(20)21/h3-6,19H,1-2H3,(H,20,21)(H,16,17,18). The van der Waals surface area contributed by atoms with Gasteiger partial charge in [-0.05, 0) is 31.5 Å². The minimum absolute atomic E-state index is 0.139. The van der Waals surface area contributed by atoms with E-state index in [9.17, 15) is 15.0 Å². The Hall–Kier alpha value is -2.67. The van der Waals surface area contributed by atoms with Gasteiger partial charge in [-0.3, -0.25) is 0 Å². The molecular formula is C15H13N3O3S. The van der Waals surface area contributed by atoms with Gasteiger partial charge in [0.15, 0.2) is 0 Å². The third kappa shape index (κ3) is 2.46. The van der Waals surface area contributed by atoms with Crippen molar-refractivity contribution in [2.45, 2.75) is 13.8 Å². The number of thiophene rings is 1. The van der Waals surface area contributed by atoms with Crippen molar-refractivity contribution < 1.29 is 15.0 Å². The van der Waals surface area contributed by atoms with Crippen molar-refractivity contribution >= 4 is 39.0 Å². The Morgan fingerprint density at radius 3 is 2.73 bits per heavy atom. The number of aromatic nitrogens is 2. The monoisotopic (exact) mass is 315 g/mol. The molecule has 3 N–H and O–H groups in total. The second-order valence-electron chi connectivity index (χ2n) is 4.84. The number of nitrogens with one attached hydrogen (secondary N) is 1. The van der Waals surface area contributed by atoms with E-state index < -0.39 is 5.97 Å². The lowest BCUT2D eigenvalue weighted by Crippen LogP contribution is -1.99. The van der Waals surface area contributed by atoms with E-state index >= 15 is 0 Å². The van der Waals surface area contributed by atoms with Crippen molar-refractivity contribution in [3.8, 4) is 5.75 Å². The highest BCUT2D eigenvalue weighted by Gasteiger charge is 2.19. The molecule has 0 atom stereocenters. The number of benzene rings is 1. The van der Waals surface area contributed by atoms with Crippen molar-refractivity contribution in [3.05, 3.63) is 40.5 Å². The van der Waals surface area contributed by atoms with Crippen LogP contribution in [0.1, 0.15) is 21.1 Å². The van der Waals surface area contributed by atoms with Crippen LogP contribution in [0.4, 0.5) is 11.5 Å². The van der Waals surface area contributed by atoms with Gasteiger partial charge in [0.25, 0.3) is 0 Å². The second-order valence-corrected chi connectivity index (χ2v) is 5.84. The largest absolute Gasteiger partial charge is 0.508 e. The topological polar surface area (TPSA) is 95.3 Å². The number of carboxylic acid groups (broad SMARTS) is 1. The Balaban J connectivity index is 2.18. The molecule has 3 aromatic rings. The van der Waals surface area contributed by atoms with E-state index in [4.69, 9.17) is 0 Å². The highest BCUT2D eigenvalue weighted by Crippen LogP contribution is 2.35. The minimum atomic E-state index is -0.971. The van der Waals surface area contributed by atoms with Crippen LogP contribution in [-0.2, 0) is 0 Å². The number of phenols is 1. The van der Waals surface area contributed by atoms with Crippen LogP contribution in [0.25, 0.3) is 10.2 Å². The SMILES string of the molecule is Cc1nc(Nc2cccc(O)c2)c2c(C)c(C(=O)O)sc2n1. The average molecular weight is 315 g/mol. The predicted molar refractivity (Wildman–Crippen MR) is 85.2 cm³/mol. The molecule has 0 amide bonds. The molecule has 22 heavy (non-hydrogen) atoms. The first-order chi connectivity index (χ1) is 10.5. The summed E-state index contributed by atoms with van der Waals surface area (Å²) in [6, 6.07) is 6.66. The number of carbonyl (C=O) groups is 1. The molecule has 0 aliphatic heterocycles. The van der Waals surface area contributed by atoms with Crippen molar-refractivity contribution in [2.24, 2.45) is 0 Å². The van der Waals surface area contributed by atoms with E-state index in [2.05, 4.69) is 15.3 Å². The summed E-state index contributed by atoms with van der Waals surface area (Å²) in [4.78, 5) is 20.9. The van der Waals surface area contributed by atoms with E-state index in [1.54, 1.807) is 38.1 Å². The van der Waals surface area contributed by atoms with Crippen LogP contribution in [0.3, 0.4) is 0 Å². The Labute approximate surface area is 130 Å². The number of hydrogen-bond acceptors (Lipinski definition) is 6. The maximum atomic E-state index is 11.3. The van der Waals surface area contributed by atoms with Crippen LogP contribution >= 0.6 is 11.3 Å². The highest BCUT2D eigenvalue weighted by atomic mass is 32.1. The Kier molecular flexibility index (Phi) is 3.42. The molecule has 2 aromatic heterocycles. The fourth-order valence-corrected chi connectivity index (χ4v) is 3.33. The second kappa shape index (κ2) is 5.27. The molecule has 112 valence electrons. The summed E-state index contributed by atoms with van der Waals surface area (Å²) in [7, 11) is 0. The lowest BCUT2D eigenvalue weighted by atomic mass is 10.2. The van der Waals surface area contributed by atoms with Crippen molar-refractivity contribution in [3.63, 3.8) is 0 Å². The minimum Gasteiger partial charge on any atom is -0.508 e. The van der Waals surface area contributed by atoms with Gasteiger partial charge in [-0.15, -0.1) is 11.3 Å². The summed E-state index contributed by atoms with van der Waals surface area (Å²) >= 11 is 1.13. The van der Waals surface area contributed by atoms with Gasteiger partial charge in [-0.1, -0.05) is 6.07 Å². The first-order valence-electron chi connectivity index (χ1n) is 6.53. The van der Waals surface area contributed by atoms with Gasteiger partial charge in [0.1, 0.15) is 27.1 Å².